The maximum absolute atomic E-state index is 12.7. The molecule has 0 unspecified atom stereocenters. The van der Waals surface area contributed by atoms with Crippen LogP contribution in [0, 0.1) is 11.8 Å². The molecule has 2 rings (SSSR count). The summed E-state index contributed by atoms with van der Waals surface area (Å²) < 4.78 is 64.5. The summed E-state index contributed by atoms with van der Waals surface area (Å²) >= 11 is 0. The Morgan fingerprint density at radius 1 is 1.14 bits per heavy atom. The lowest BCUT2D eigenvalue weighted by Gasteiger charge is -2.28. The number of alkyl halides is 3. The van der Waals surface area contributed by atoms with E-state index in [1.54, 1.807) is 0 Å². The largest absolute Gasteiger partial charge is 0.416 e. The summed E-state index contributed by atoms with van der Waals surface area (Å²) in [6.07, 6.45) is 5.12. The van der Waals surface area contributed by atoms with Gasteiger partial charge in [0, 0.05) is 20.1 Å². The van der Waals surface area contributed by atoms with Gasteiger partial charge < -0.3 is 5.32 Å². The Labute approximate surface area is 172 Å². The Balaban J connectivity index is 1.83. The number of sulfonamides is 1. The van der Waals surface area contributed by atoms with E-state index >= 15 is 0 Å². The van der Waals surface area contributed by atoms with Gasteiger partial charge in [-0.15, -0.1) is 0 Å². The molecule has 0 aliphatic heterocycles. The van der Waals surface area contributed by atoms with Gasteiger partial charge in [0.25, 0.3) is 0 Å². The van der Waals surface area contributed by atoms with Crippen LogP contribution in [-0.4, -0.2) is 39.4 Å². The minimum absolute atomic E-state index is 0.109. The summed E-state index contributed by atoms with van der Waals surface area (Å²) in [6.45, 7) is 4.30. The fourth-order valence-corrected chi connectivity index (χ4v) is 4.82. The van der Waals surface area contributed by atoms with Crippen molar-refractivity contribution in [1.29, 1.82) is 0 Å². The third-order valence-corrected chi connectivity index (χ3v) is 7.43. The molecular weight excluding hydrogens is 401 g/mol. The lowest BCUT2D eigenvalue weighted by molar-refractivity contribution is -0.137. The summed E-state index contributed by atoms with van der Waals surface area (Å²) in [5, 5.41) is 3.26. The van der Waals surface area contributed by atoms with E-state index in [-0.39, 0.29) is 4.90 Å². The molecule has 29 heavy (non-hydrogen) atoms. The smallest absolute Gasteiger partial charge is 0.314 e. The summed E-state index contributed by atoms with van der Waals surface area (Å²) in [4.78, 5) is -0.109. The maximum atomic E-state index is 12.7. The zero-order chi connectivity index (χ0) is 21.5. The van der Waals surface area contributed by atoms with Crippen molar-refractivity contribution in [2.75, 3.05) is 26.7 Å². The molecular formula is C21H31F3N2O2S. The van der Waals surface area contributed by atoms with Crippen LogP contribution in [0.2, 0.25) is 0 Å². The number of hydrogen-bond acceptors (Lipinski definition) is 3. The minimum atomic E-state index is -4.48. The first-order valence-corrected chi connectivity index (χ1v) is 11.6. The monoisotopic (exact) mass is 432 g/mol. The number of halogens is 3. The predicted octanol–water partition coefficient (Wildman–Crippen LogP) is 4.69. The minimum Gasteiger partial charge on any atom is -0.314 e. The second-order valence-corrected chi connectivity index (χ2v) is 9.70. The number of allylic oxidation sites excluding steroid dienone is 1. The van der Waals surface area contributed by atoms with Crippen LogP contribution in [0.25, 0.3) is 0 Å². The topological polar surface area (TPSA) is 49.4 Å². The zero-order valence-electron chi connectivity index (χ0n) is 17.1. The first kappa shape index (κ1) is 23.9. The summed E-state index contributed by atoms with van der Waals surface area (Å²) in [5.74, 6) is 1.08. The average molecular weight is 433 g/mol. The van der Waals surface area contributed by atoms with Crippen molar-refractivity contribution in [3.63, 3.8) is 0 Å². The molecule has 1 aromatic carbocycles. The van der Waals surface area contributed by atoms with Crippen molar-refractivity contribution in [2.24, 2.45) is 11.8 Å². The van der Waals surface area contributed by atoms with Gasteiger partial charge in [0.2, 0.25) is 10.0 Å². The summed E-state index contributed by atoms with van der Waals surface area (Å²) in [6, 6.07) is 3.68. The molecule has 1 N–H and O–H groups in total. The Morgan fingerprint density at radius 2 is 1.76 bits per heavy atom. The van der Waals surface area contributed by atoms with Crippen LogP contribution >= 0.6 is 0 Å². The number of hydrogen-bond donors (Lipinski definition) is 1. The molecule has 4 nitrogen and oxygen atoms in total. The fourth-order valence-electron chi connectivity index (χ4n) is 3.64. The standard InChI is InChI=1S/C21H31F3N2O2S/c1-3-25-15-4-5-17-6-8-18(9-7-17)14-16-26(2)29(27,28)20-12-10-19(11-13-20)21(22,23)24/h4-5,10-13,17-18,25H,3,6-9,14-16H2,1-2H3/b5-4+/t17-,18-. The van der Waals surface area contributed by atoms with E-state index in [9.17, 15) is 21.6 Å². The van der Waals surface area contributed by atoms with Crippen molar-refractivity contribution in [3.05, 3.63) is 42.0 Å². The highest BCUT2D eigenvalue weighted by atomic mass is 32.2. The normalized spacial score (nSPS) is 21.2. The third kappa shape index (κ3) is 7.12. The Hall–Kier alpha value is -1.38. The van der Waals surface area contributed by atoms with Gasteiger partial charge in [-0.3, -0.25) is 0 Å². The first-order valence-electron chi connectivity index (χ1n) is 10.2. The van der Waals surface area contributed by atoms with Gasteiger partial charge in [-0.1, -0.05) is 19.1 Å². The highest BCUT2D eigenvalue weighted by Crippen LogP contribution is 2.32. The molecule has 0 bridgehead atoms. The Morgan fingerprint density at radius 3 is 2.31 bits per heavy atom. The molecule has 0 spiro atoms. The average Bonchev–Trinajstić information content (AvgIpc) is 2.69. The van der Waals surface area contributed by atoms with Crippen molar-refractivity contribution in [1.82, 2.24) is 9.62 Å². The van der Waals surface area contributed by atoms with Gasteiger partial charge in [-0.25, -0.2) is 12.7 Å². The van der Waals surface area contributed by atoms with Crippen LogP contribution in [0.15, 0.2) is 41.3 Å². The van der Waals surface area contributed by atoms with Crippen LogP contribution < -0.4 is 5.32 Å². The summed E-state index contributed by atoms with van der Waals surface area (Å²) in [5.41, 5.74) is -0.851. The van der Waals surface area contributed by atoms with Crippen LogP contribution in [0.3, 0.4) is 0 Å². The quantitative estimate of drug-likeness (QED) is 0.455. The molecule has 0 atom stereocenters. The second kappa shape index (κ2) is 10.6. The van der Waals surface area contributed by atoms with Gasteiger partial charge >= 0.3 is 6.18 Å². The number of nitrogens with zero attached hydrogens (tertiary/aromatic N) is 1. The molecule has 0 amide bonds. The van der Waals surface area contributed by atoms with E-state index in [0.29, 0.717) is 18.4 Å². The van der Waals surface area contributed by atoms with Crippen molar-refractivity contribution < 1.29 is 21.6 Å². The third-order valence-electron chi connectivity index (χ3n) is 5.55. The van der Waals surface area contributed by atoms with Gasteiger partial charge in [0.15, 0.2) is 0 Å². The van der Waals surface area contributed by atoms with Crippen LogP contribution in [0.5, 0.6) is 0 Å². The van der Waals surface area contributed by atoms with E-state index in [0.717, 1.165) is 69.5 Å². The highest BCUT2D eigenvalue weighted by Gasteiger charge is 2.31. The SMILES string of the molecule is CCNC/C=C/[C@H]1CC[C@H](CCN(C)S(=O)(=O)c2ccc(C(F)(F)F)cc2)CC1. The van der Waals surface area contributed by atoms with E-state index in [1.807, 2.05) is 0 Å². The molecule has 8 heteroatoms. The van der Waals surface area contributed by atoms with Gasteiger partial charge in [-0.05, 0) is 74.8 Å². The molecule has 164 valence electrons. The Kier molecular flexibility index (Phi) is 8.73. The number of rotatable bonds is 9. The van der Waals surface area contributed by atoms with Crippen molar-refractivity contribution in [2.45, 2.75) is 50.1 Å². The molecule has 1 aliphatic rings. The highest BCUT2D eigenvalue weighted by molar-refractivity contribution is 7.89. The predicted molar refractivity (Wildman–Crippen MR) is 109 cm³/mol. The molecule has 1 fully saturated rings. The second-order valence-electron chi connectivity index (χ2n) is 7.65. The summed E-state index contributed by atoms with van der Waals surface area (Å²) in [7, 11) is -2.29. The van der Waals surface area contributed by atoms with E-state index in [1.165, 1.54) is 11.4 Å². The fraction of sp³-hybridized carbons (Fsp3) is 0.619. The maximum Gasteiger partial charge on any atom is 0.416 e. The van der Waals surface area contributed by atoms with Gasteiger partial charge in [-0.2, -0.15) is 13.2 Å². The van der Waals surface area contributed by atoms with Crippen LogP contribution in [-0.2, 0) is 16.2 Å². The van der Waals surface area contributed by atoms with Gasteiger partial charge in [0.05, 0.1) is 10.5 Å². The molecule has 1 aliphatic carbocycles. The van der Waals surface area contributed by atoms with Crippen molar-refractivity contribution in [3.8, 4) is 0 Å². The molecule has 0 saturated heterocycles. The molecule has 0 heterocycles. The van der Waals surface area contributed by atoms with E-state index < -0.39 is 21.8 Å². The zero-order valence-corrected chi connectivity index (χ0v) is 17.9. The Bertz CT molecular complexity index is 753. The lowest BCUT2D eigenvalue weighted by atomic mass is 9.80. The molecule has 0 aromatic heterocycles. The van der Waals surface area contributed by atoms with Crippen LogP contribution in [0.4, 0.5) is 13.2 Å². The van der Waals surface area contributed by atoms with E-state index in [2.05, 4.69) is 24.4 Å². The molecule has 1 saturated carbocycles. The number of likely N-dealkylation sites (N-methyl/N-ethyl adjacent to an activating group) is 1. The lowest BCUT2D eigenvalue weighted by Crippen LogP contribution is -2.29. The molecule has 0 radical (unpaired) electrons. The molecule has 1 aromatic rings. The van der Waals surface area contributed by atoms with E-state index in [4.69, 9.17) is 0 Å². The van der Waals surface area contributed by atoms with Crippen LogP contribution in [0.1, 0.15) is 44.6 Å². The van der Waals surface area contributed by atoms with Crippen molar-refractivity contribution >= 4 is 10.0 Å². The first-order chi connectivity index (χ1) is 13.6. The number of nitrogens with one attached hydrogen (secondary N) is 1. The number of benzene rings is 1. The van der Waals surface area contributed by atoms with Gasteiger partial charge in [0.1, 0.15) is 0 Å².